The molecule has 14 heavy (non-hydrogen) atoms. The van der Waals surface area contributed by atoms with Crippen LogP contribution in [0.3, 0.4) is 0 Å². The van der Waals surface area contributed by atoms with Gasteiger partial charge in [0.15, 0.2) is 0 Å². The summed E-state index contributed by atoms with van der Waals surface area (Å²) >= 11 is 0.0383. The fraction of sp³-hybridized carbons (Fsp3) is 0.857. The van der Waals surface area contributed by atoms with Gasteiger partial charge in [-0.1, -0.05) is 0 Å². The van der Waals surface area contributed by atoms with E-state index in [-0.39, 0.29) is 31.1 Å². The van der Waals surface area contributed by atoms with Crippen LogP contribution in [0.5, 0.6) is 0 Å². The van der Waals surface area contributed by atoms with Crippen LogP contribution in [0.2, 0.25) is 0 Å². The van der Waals surface area contributed by atoms with E-state index in [0.717, 1.165) is 0 Å². The van der Waals surface area contributed by atoms with E-state index < -0.39 is 28.1 Å². The second-order valence-corrected chi connectivity index (χ2v) is 4.52. The zero-order valence-corrected chi connectivity index (χ0v) is 11.3. The molecule has 1 rings (SSSR count). The van der Waals surface area contributed by atoms with E-state index in [4.69, 9.17) is 5.11 Å². The molecule has 1 radical (unpaired) electrons. The molecule has 1 heterocycles. The van der Waals surface area contributed by atoms with Crippen LogP contribution in [-0.4, -0.2) is 57.9 Å². The summed E-state index contributed by atoms with van der Waals surface area (Å²) in [6.45, 7) is 1.62. The second-order valence-electron chi connectivity index (χ2n) is 2.94. The van der Waals surface area contributed by atoms with E-state index in [1.54, 1.807) is 6.92 Å². The van der Waals surface area contributed by atoms with Crippen LogP contribution in [0, 0.1) is 0 Å². The first kappa shape index (κ1) is 12.2. The number of aliphatic hydroxyl groups is 1. The van der Waals surface area contributed by atoms with Crippen LogP contribution in [0.1, 0.15) is 13.3 Å². The fourth-order valence-electron chi connectivity index (χ4n) is 1.30. The van der Waals surface area contributed by atoms with E-state index in [2.05, 4.69) is 9.47 Å². The minimum absolute atomic E-state index is 0.0383. The normalized spacial score (nSPS) is 35.6. The number of hydrogen-bond acceptors (Lipinski definition) is 4. The van der Waals surface area contributed by atoms with Gasteiger partial charge in [-0.25, -0.2) is 0 Å². The van der Waals surface area contributed by atoms with Crippen molar-refractivity contribution < 1.29 is 28.2 Å². The molecule has 1 saturated heterocycles. The molecule has 0 bridgehead atoms. The van der Waals surface area contributed by atoms with Crippen molar-refractivity contribution in [3.63, 3.8) is 0 Å². The van der Waals surface area contributed by atoms with Crippen LogP contribution in [0.25, 0.3) is 0 Å². The Kier molecular flexibility index (Phi) is 3.77. The molecular formula is C7H10BiF2O4. The van der Waals surface area contributed by atoms with Crippen molar-refractivity contribution >= 4 is 28.4 Å². The molecule has 0 aliphatic carbocycles. The third kappa shape index (κ3) is 2.20. The molecule has 1 fully saturated rings. The molecule has 1 aliphatic rings. The number of halogens is 2. The van der Waals surface area contributed by atoms with Crippen LogP contribution in [0.15, 0.2) is 0 Å². The average Bonchev–Trinajstić information content (AvgIpc) is 2.28. The summed E-state index contributed by atoms with van der Waals surface area (Å²) in [6.07, 6.45) is -4.52. The first-order chi connectivity index (χ1) is 6.39. The molecule has 0 spiro atoms. The molecule has 81 valence electrons. The molecule has 0 aromatic carbocycles. The quantitative estimate of drug-likeness (QED) is 0.666. The maximum absolute atomic E-state index is 13.2. The summed E-state index contributed by atoms with van der Waals surface area (Å²) in [6, 6.07) is 0. The Bertz CT molecular complexity index is 236. The van der Waals surface area contributed by atoms with Crippen LogP contribution in [-0.2, 0) is 9.47 Å². The van der Waals surface area contributed by atoms with Crippen LogP contribution >= 0.6 is 0 Å². The van der Waals surface area contributed by atoms with E-state index >= 15 is 0 Å². The summed E-state index contributed by atoms with van der Waals surface area (Å²) in [5.74, 6) is -3.51. The maximum atomic E-state index is 13.2. The monoisotopic (exact) mass is 405 g/mol. The number of aliphatic hydroxyl groups excluding tert-OH is 1. The van der Waals surface area contributed by atoms with Crippen molar-refractivity contribution in [1.82, 2.24) is 0 Å². The summed E-state index contributed by atoms with van der Waals surface area (Å²) < 4.78 is 34.7. The summed E-state index contributed by atoms with van der Waals surface area (Å²) in [4.78, 5) is 10.6. The van der Waals surface area contributed by atoms with Gasteiger partial charge in [0.25, 0.3) is 0 Å². The number of rotatable bonds is 2. The van der Waals surface area contributed by atoms with Crippen molar-refractivity contribution in [2.24, 2.45) is 0 Å². The first-order valence-corrected chi connectivity index (χ1v) is 5.97. The van der Waals surface area contributed by atoms with Gasteiger partial charge < -0.3 is 0 Å². The predicted molar refractivity (Wildman–Crippen MR) is 43.5 cm³/mol. The number of alkyl halides is 2. The molecule has 0 aromatic heterocycles. The van der Waals surface area contributed by atoms with E-state index in [1.165, 1.54) is 0 Å². The van der Waals surface area contributed by atoms with E-state index in [1.807, 2.05) is 0 Å². The number of hydrogen-bond donors (Lipinski definition) is 1. The van der Waals surface area contributed by atoms with Gasteiger partial charge in [0.2, 0.25) is 0 Å². The summed E-state index contributed by atoms with van der Waals surface area (Å²) in [5.41, 5.74) is 0. The Morgan fingerprint density at radius 1 is 1.71 bits per heavy atom. The molecule has 2 unspecified atom stereocenters. The van der Waals surface area contributed by atoms with Crippen molar-refractivity contribution in [1.29, 1.82) is 0 Å². The predicted octanol–water partition coefficient (Wildman–Crippen LogP) is 0.155. The molecule has 1 N–H and O–H groups in total. The van der Waals surface area contributed by atoms with Gasteiger partial charge in [0.05, 0.1) is 0 Å². The summed E-state index contributed by atoms with van der Waals surface area (Å²) in [5, 5.41) is 8.89. The molecule has 1 aliphatic heterocycles. The third-order valence-electron chi connectivity index (χ3n) is 1.99. The molecule has 3 atom stereocenters. The van der Waals surface area contributed by atoms with Gasteiger partial charge in [0.1, 0.15) is 0 Å². The number of carbonyl (C=O) groups is 1. The van der Waals surface area contributed by atoms with Crippen LogP contribution in [0.4, 0.5) is 13.6 Å². The molecule has 7 heteroatoms. The Labute approximate surface area is 94.4 Å². The van der Waals surface area contributed by atoms with Crippen molar-refractivity contribution in [2.45, 2.75) is 37.8 Å². The molecule has 0 saturated carbocycles. The zero-order chi connectivity index (χ0) is 10.9. The van der Waals surface area contributed by atoms with Gasteiger partial charge in [-0.15, -0.1) is 0 Å². The van der Waals surface area contributed by atoms with Crippen molar-refractivity contribution in [2.75, 3.05) is 0 Å². The molecule has 0 amide bonds. The zero-order valence-electron chi connectivity index (χ0n) is 7.37. The van der Waals surface area contributed by atoms with Crippen LogP contribution < -0.4 is 0 Å². The first-order valence-electron chi connectivity index (χ1n) is 4.03. The van der Waals surface area contributed by atoms with Gasteiger partial charge in [-0.3, -0.25) is 0 Å². The second kappa shape index (κ2) is 4.33. The van der Waals surface area contributed by atoms with Gasteiger partial charge in [0, 0.05) is 0 Å². The van der Waals surface area contributed by atoms with Crippen molar-refractivity contribution in [3.8, 4) is 0 Å². The Morgan fingerprint density at radius 3 is 2.71 bits per heavy atom. The Hall–Kier alpha value is 0.133. The SMILES string of the molecule is CC[C@H]1OC(O)C(F)(F)C1O[C](=O)[BiH]. The Balaban J connectivity index is 2.80. The molecule has 4 nitrogen and oxygen atoms in total. The number of carbonyl (C=O) groups excluding carboxylic acids is 1. The fourth-order valence-corrected chi connectivity index (χ4v) is 1.79. The minimum atomic E-state index is -3.51. The van der Waals surface area contributed by atoms with E-state index in [9.17, 15) is 13.6 Å². The van der Waals surface area contributed by atoms with Gasteiger partial charge in [-0.05, 0) is 0 Å². The standard InChI is InChI=1S/C7H9F2O4.Bi.H/c1-2-4-5(12-3-10)7(8,9)6(11)13-4;;/h4-6,11H,2H2,1H3;;/t4-,5?,6?;;/m1../s1. The molecular weight excluding hydrogens is 395 g/mol. The third-order valence-corrected chi connectivity index (χ3v) is 2.44. The Morgan fingerprint density at radius 2 is 2.29 bits per heavy atom. The van der Waals surface area contributed by atoms with E-state index in [0.29, 0.717) is 0 Å². The van der Waals surface area contributed by atoms with Gasteiger partial charge in [-0.2, -0.15) is 0 Å². The number of ether oxygens (including phenoxy) is 2. The topological polar surface area (TPSA) is 55.8 Å². The summed E-state index contributed by atoms with van der Waals surface area (Å²) in [7, 11) is 0. The average molecular weight is 405 g/mol. The van der Waals surface area contributed by atoms with Crippen molar-refractivity contribution in [3.05, 3.63) is 0 Å². The van der Waals surface area contributed by atoms with Gasteiger partial charge >= 0.3 is 94.3 Å². The molecule has 0 aromatic rings.